The van der Waals surface area contributed by atoms with Crippen molar-refractivity contribution in [2.45, 2.75) is 38.0 Å². The number of rotatable bonds is 8. The third-order valence-electron chi connectivity index (χ3n) is 5.38. The minimum absolute atomic E-state index is 0.0331. The van der Waals surface area contributed by atoms with Crippen LogP contribution in [-0.2, 0) is 21.4 Å². The van der Waals surface area contributed by atoms with E-state index in [0.29, 0.717) is 42.1 Å². The molecule has 0 amide bonds. The maximum absolute atomic E-state index is 12.9. The summed E-state index contributed by atoms with van der Waals surface area (Å²) in [6.45, 7) is 2.19. The van der Waals surface area contributed by atoms with Crippen molar-refractivity contribution in [2.75, 3.05) is 13.7 Å². The van der Waals surface area contributed by atoms with Crippen molar-refractivity contribution in [3.05, 3.63) is 59.3 Å². The van der Waals surface area contributed by atoms with Crippen LogP contribution in [0.25, 0.3) is 5.65 Å². The molecule has 0 bridgehead atoms. The van der Waals surface area contributed by atoms with Gasteiger partial charge in [0.15, 0.2) is 5.78 Å². The van der Waals surface area contributed by atoms with Gasteiger partial charge in [0.1, 0.15) is 28.2 Å². The number of carbonyl (C=O) groups is 2. The molecule has 1 saturated carbocycles. The van der Waals surface area contributed by atoms with E-state index in [1.54, 1.807) is 22.9 Å². The van der Waals surface area contributed by atoms with Gasteiger partial charge >= 0.3 is 5.97 Å². The van der Waals surface area contributed by atoms with Gasteiger partial charge in [-0.25, -0.2) is 18.7 Å². The summed E-state index contributed by atoms with van der Waals surface area (Å²) < 4.78 is 38.2. The molecule has 31 heavy (non-hydrogen) atoms. The van der Waals surface area contributed by atoms with E-state index in [1.165, 1.54) is 25.3 Å². The van der Waals surface area contributed by atoms with Gasteiger partial charge in [-0.05, 0) is 31.9 Å². The minimum Gasteiger partial charge on any atom is -0.493 e. The molecule has 1 aliphatic carbocycles. The van der Waals surface area contributed by atoms with Crippen molar-refractivity contribution in [3.63, 3.8) is 0 Å². The largest absolute Gasteiger partial charge is 0.493 e. The third-order valence-corrected chi connectivity index (χ3v) is 5.38. The van der Waals surface area contributed by atoms with Gasteiger partial charge in [-0.2, -0.15) is 0 Å². The molecule has 4 rings (SSSR count). The van der Waals surface area contributed by atoms with Crippen molar-refractivity contribution in [3.8, 4) is 5.75 Å². The normalized spacial score (nSPS) is 14.6. The zero-order valence-corrected chi connectivity index (χ0v) is 17.1. The number of carbonyl (C=O) groups excluding carboxylic acids is 2. The number of ether oxygens (including phenoxy) is 2. The molecule has 0 atom stereocenters. The Hall–Kier alpha value is -3.36. The fourth-order valence-electron chi connectivity index (χ4n) is 3.59. The number of nitrogens with zero attached hydrogens (tertiary/aromatic N) is 3. The molecule has 3 aromatic rings. The highest BCUT2D eigenvalue weighted by Crippen LogP contribution is 2.48. The van der Waals surface area contributed by atoms with Crippen molar-refractivity contribution in [1.29, 1.82) is 0 Å². The van der Waals surface area contributed by atoms with Crippen LogP contribution in [-0.4, -0.2) is 39.8 Å². The number of esters is 1. The second kappa shape index (κ2) is 8.05. The Morgan fingerprint density at radius 1 is 1.23 bits per heavy atom. The lowest BCUT2D eigenvalue weighted by molar-refractivity contribution is -0.143. The topological polar surface area (TPSA) is 82.8 Å². The zero-order chi connectivity index (χ0) is 22.2. The molecule has 0 N–H and O–H groups in total. The first-order chi connectivity index (χ1) is 14.9. The van der Waals surface area contributed by atoms with Crippen LogP contribution in [0, 0.1) is 0 Å². The lowest BCUT2D eigenvalue weighted by Crippen LogP contribution is -2.22. The molecule has 0 aliphatic heterocycles. The van der Waals surface area contributed by atoms with Crippen molar-refractivity contribution in [2.24, 2.45) is 0 Å². The molecule has 1 aliphatic rings. The molecule has 1 fully saturated rings. The second-order valence-electron chi connectivity index (χ2n) is 7.41. The zero-order valence-electron chi connectivity index (χ0n) is 17.1. The number of methoxy groups -OCH3 is 1. The van der Waals surface area contributed by atoms with Gasteiger partial charge in [0.05, 0.1) is 19.4 Å². The molecule has 0 saturated heterocycles. The van der Waals surface area contributed by atoms with Gasteiger partial charge in [-0.1, -0.05) is 6.07 Å². The van der Waals surface area contributed by atoms with Crippen molar-refractivity contribution in [1.82, 2.24) is 14.4 Å². The fraction of sp³-hybridized carbons (Fsp3) is 0.364. The molecular formula is C22H21F2N3O4. The van der Waals surface area contributed by atoms with E-state index in [-0.39, 0.29) is 18.1 Å². The number of fused-ring (bicyclic) bond motifs is 1. The summed E-state index contributed by atoms with van der Waals surface area (Å²) in [6.07, 6.45) is 1.95. The first-order valence-corrected chi connectivity index (χ1v) is 9.89. The number of ketones is 1. The van der Waals surface area contributed by atoms with Gasteiger partial charge in [0.2, 0.25) is 0 Å². The number of Topliss-reactive ketones (excluding diaryl/α,β-unsaturated/α-hetero) is 1. The van der Waals surface area contributed by atoms with Crippen LogP contribution < -0.4 is 4.74 Å². The van der Waals surface area contributed by atoms with Crippen LogP contribution in [0.4, 0.5) is 8.78 Å². The second-order valence-corrected chi connectivity index (χ2v) is 7.41. The monoisotopic (exact) mass is 429 g/mol. The first kappa shape index (κ1) is 20.9. The van der Waals surface area contributed by atoms with Crippen LogP contribution >= 0.6 is 0 Å². The smallest absolute Gasteiger partial charge is 0.317 e. The number of hydrogen-bond acceptors (Lipinski definition) is 6. The fourth-order valence-corrected chi connectivity index (χ4v) is 3.59. The number of imidazole rings is 1. The molecule has 7 nitrogen and oxygen atoms in total. The van der Waals surface area contributed by atoms with Crippen LogP contribution in [0.5, 0.6) is 5.75 Å². The Morgan fingerprint density at radius 2 is 2.00 bits per heavy atom. The highest BCUT2D eigenvalue weighted by Gasteiger charge is 2.54. The van der Waals surface area contributed by atoms with Crippen LogP contribution in [0.15, 0.2) is 36.7 Å². The minimum atomic E-state index is -2.75. The molecule has 9 heteroatoms. The Labute approximate surface area is 177 Å². The van der Waals surface area contributed by atoms with Crippen LogP contribution in [0.3, 0.4) is 0 Å². The number of halogens is 2. The van der Waals surface area contributed by atoms with Crippen LogP contribution in [0.2, 0.25) is 0 Å². The molecule has 0 spiro atoms. The predicted molar refractivity (Wildman–Crippen MR) is 107 cm³/mol. The molecule has 3 heterocycles. The number of pyridine rings is 2. The number of alkyl halides is 2. The average molecular weight is 429 g/mol. The lowest BCUT2D eigenvalue weighted by atomic mass is 10.0. The Morgan fingerprint density at radius 3 is 2.65 bits per heavy atom. The van der Waals surface area contributed by atoms with E-state index in [1.807, 2.05) is 6.92 Å². The standard InChI is InChI=1S/C22H21F2N3O4/c1-3-31-17-10-19-26-18(22(7-8-22)21(29)30-2)12-27(19)11-13(17)9-16(28)14-5-4-6-15(25-14)20(23)24/h4-6,10-12,20H,3,7-9H2,1-2H3. The van der Waals surface area contributed by atoms with E-state index < -0.39 is 23.3 Å². The quantitative estimate of drug-likeness (QED) is 0.401. The molecule has 0 aromatic carbocycles. The molecule has 0 radical (unpaired) electrons. The predicted octanol–water partition coefficient (Wildman–Crippen LogP) is 3.70. The lowest BCUT2D eigenvalue weighted by Gasteiger charge is -2.11. The molecular weight excluding hydrogens is 408 g/mol. The van der Waals surface area contributed by atoms with E-state index in [2.05, 4.69) is 9.97 Å². The van der Waals surface area contributed by atoms with Gasteiger partial charge < -0.3 is 13.9 Å². The van der Waals surface area contributed by atoms with E-state index in [0.717, 1.165) is 0 Å². The summed E-state index contributed by atoms with van der Waals surface area (Å²) in [5.41, 5.74) is 0.550. The first-order valence-electron chi connectivity index (χ1n) is 9.89. The highest BCUT2D eigenvalue weighted by atomic mass is 19.3. The summed E-state index contributed by atoms with van der Waals surface area (Å²) in [7, 11) is 1.35. The van der Waals surface area contributed by atoms with Gasteiger partial charge in [-0.3, -0.25) is 9.59 Å². The van der Waals surface area contributed by atoms with E-state index in [9.17, 15) is 18.4 Å². The summed E-state index contributed by atoms with van der Waals surface area (Å²) in [6, 6.07) is 5.68. The molecule has 0 unspecified atom stereocenters. The number of aromatic nitrogens is 3. The Balaban J connectivity index is 1.68. The molecule has 3 aromatic heterocycles. The SMILES string of the molecule is CCOc1cc2nc(C3(C(=O)OC)CC3)cn2cc1CC(=O)c1cccc(C(F)F)n1. The summed E-state index contributed by atoms with van der Waals surface area (Å²) in [5, 5.41) is 0. The van der Waals surface area contributed by atoms with E-state index in [4.69, 9.17) is 9.47 Å². The third kappa shape index (κ3) is 3.87. The van der Waals surface area contributed by atoms with Crippen molar-refractivity contribution >= 4 is 17.4 Å². The van der Waals surface area contributed by atoms with Gasteiger partial charge in [0, 0.05) is 30.4 Å². The maximum Gasteiger partial charge on any atom is 0.317 e. The number of hydrogen-bond donors (Lipinski definition) is 0. The molecule has 162 valence electrons. The van der Waals surface area contributed by atoms with Crippen LogP contribution in [0.1, 0.15) is 53.6 Å². The Kier molecular flexibility index (Phi) is 5.43. The van der Waals surface area contributed by atoms with E-state index >= 15 is 0 Å². The average Bonchev–Trinajstić information content (AvgIpc) is 3.48. The summed E-state index contributed by atoms with van der Waals surface area (Å²) >= 11 is 0. The van der Waals surface area contributed by atoms with Gasteiger partial charge in [0.25, 0.3) is 6.43 Å². The Bertz CT molecular complexity index is 1150. The highest BCUT2D eigenvalue weighted by molar-refractivity contribution is 5.96. The summed E-state index contributed by atoms with van der Waals surface area (Å²) in [5.74, 6) is -0.258. The van der Waals surface area contributed by atoms with Gasteiger partial charge in [-0.15, -0.1) is 0 Å². The van der Waals surface area contributed by atoms with Crippen molar-refractivity contribution < 1.29 is 27.8 Å². The maximum atomic E-state index is 12.9. The summed E-state index contributed by atoms with van der Waals surface area (Å²) in [4.78, 5) is 33.3.